The van der Waals surface area contributed by atoms with E-state index in [1.165, 1.54) is 12.1 Å². The van der Waals surface area contributed by atoms with Crippen molar-refractivity contribution in [1.29, 1.82) is 0 Å². The molecule has 20 heavy (non-hydrogen) atoms. The van der Waals surface area contributed by atoms with E-state index in [4.69, 9.17) is 32.7 Å². The van der Waals surface area contributed by atoms with E-state index >= 15 is 0 Å². The fourth-order valence-electron chi connectivity index (χ4n) is 1.71. The topological polar surface area (TPSA) is 18.5 Å². The van der Waals surface area contributed by atoms with Gasteiger partial charge in [-0.25, -0.2) is 4.39 Å². The second-order valence-corrected chi connectivity index (χ2v) is 4.83. The van der Waals surface area contributed by atoms with Gasteiger partial charge in [-0.1, -0.05) is 23.7 Å². The summed E-state index contributed by atoms with van der Waals surface area (Å²) < 4.78 is 24.2. The van der Waals surface area contributed by atoms with Gasteiger partial charge in [-0.05, 0) is 35.4 Å². The largest absolute Gasteiger partial charge is 0.493 e. The van der Waals surface area contributed by atoms with Crippen LogP contribution in [0.25, 0.3) is 0 Å². The van der Waals surface area contributed by atoms with Crippen LogP contribution in [0.3, 0.4) is 0 Å². The highest BCUT2D eigenvalue weighted by Gasteiger charge is 2.07. The van der Waals surface area contributed by atoms with Gasteiger partial charge in [0, 0.05) is 5.88 Å². The molecule has 5 heteroatoms. The molecular formula is C15H13Cl2FO2. The van der Waals surface area contributed by atoms with Gasteiger partial charge in [0.15, 0.2) is 11.5 Å². The second-order valence-electron chi connectivity index (χ2n) is 4.16. The van der Waals surface area contributed by atoms with Crippen LogP contribution < -0.4 is 9.47 Å². The maximum atomic E-state index is 13.3. The average molecular weight is 315 g/mol. The minimum atomic E-state index is -0.464. The molecule has 0 bridgehead atoms. The Balaban J connectivity index is 2.15. The molecule has 0 aliphatic heterocycles. The summed E-state index contributed by atoms with van der Waals surface area (Å²) in [6.45, 7) is 0.218. The second kappa shape index (κ2) is 6.82. The summed E-state index contributed by atoms with van der Waals surface area (Å²) in [5.74, 6) is 1.10. The number of rotatable bonds is 5. The molecule has 0 radical (unpaired) electrons. The zero-order valence-electron chi connectivity index (χ0n) is 10.8. The Kier molecular flexibility index (Phi) is 5.10. The lowest BCUT2D eigenvalue weighted by atomic mass is 10.2. The zero-order valence-corrected chi connectivity index (χ0v) is 12.3. The Morgan fingerprint density at radius 1 is 1.05 bits per heavy atom. The smallest absolute Gasteiger partial charge is 0.161 e. The third-order valence-corrected chi connectivity index (χ3v) is 3.38. The lowest BCUT2D eigenvalue weighted by Gasteiger charge is -2.12. The molecule has 0 unspecified atom stereocenters. The van der Waals surface area contributed by atoms with Crippen molar-refractivity contribution in [2.75, 3.05) is 7.11 Å². The molecule has 0 N–H and O–H groups in total. The highest BCUT2D eigenvalue weighted by Crippen LogP contribution is 2.29. The van der Waals surface area contributed by atoms with Gasteiger partial charge in [0.05, 0.1) is 12.1 Å². The van der Waals surface area contributed by atoms with Crippen LogP contribution in [-0.2, 0) is 12.5 Å². The maximum absolute atomic E-state index is 13.3. The zero-order chi connectivity index (χ0) is 14.5. The normalized spacial score (nSPS) is 10.4. The van der Waals surface area contributed by atoms with Gasteiger partial charge in [0.1, 0.15) is 12.4 Å². The summed E-state index contributed by atoms with van der Waals surface area (Å²) in [7, 11) is 1.56. The van der Waals surface area contributed by atoms with Crippen LogP contribution in [0.4, 0.5) is 4.39 Å². The van der Waals surface area contributed by atoms with Crippen LogP contribution in [0.15, 0.2) is 36.4 Å². The van der Waals surface area contributed by atoms with Crippen molar-refractivity contribution in [3.05, 3.63) is 58.4 Å². The molecule has 2 aromatic rings. The number of alkyl halides is 1. The Labute approximate surface area is 127 Å². The minimum Gasteiger partial charge on any atom is -0.493 e. The summed E-state index contributed by atoms with van der Waals surface area (Å²) >= 11 is 11.4. The number of methoxy groups -OCH3 is 1. The van der Waals surface area contributed by atoms with Gasteiger partial charge in [-0.3, -0.25) is 0 Å². The molecule has 0 amide bonds. The SMILES string of the molecule is COc1ccc(CCl)cc1OCc1ccc(Cl)c(F)c1. The van der Waals surface area contributed by atoms with Gasteiger partial charge in [0.25, 0.3) is 0 Å². The summed E-state index contributed by atoms with van der Waals surface area (Å²) in [6.07, 6.45) is 0. The monoisotopic (exact) mass is 314 g/mol. The van der Waals surface area contributed by atoms with E-state index in [2.05, 4.69) is 0 Å². The molecule has 106 valence electrons. The van der Waals surface area contributed by atoms with E-state index in [1.807, 2.05) is 6.07 Å². The Hall–Kier alpha value is -1.45. The van der Waals surface area contributed by atoms with Gasteiger partial charge in [0.2, 0.25) is 0 Å². The third kappa shape index (κ3) is 3.56. The van der Waals surface area contributed by atoms with Crippen molar-refractivity contribution in [3.63, 3.8) is 0 Å². The van der Waals surface area contributed by atoms with Crippen molar-refractivity contribution in [2.45, 2.75) is 12.5 Å². The predicted octanol–water partition coefficient (Wildman–Crippen LogP) is 4.81. The van der Waals surface area contributed by atoms with Crippen molar-refractivity contribution in [3.8, 4) is 11.5 Å². The molecule has 0 aromatic heterocycles. The van der Waals surface area contributed by atoms with Crippen LogP contribution >= 0.6 is 23.2 Å². The van der Waals surface area contributed by atoms with Crippen molar-refractivity contribution in [1.82, 2.24) is 0 Å². The van der Waals surface area contributed by atoms with Crippen molar-refractivity contribution >= 4 is 23.2 Å². The Morgan fingerprint density at radius 2 is 1.80 bits per heavy atom. The molecule has 0 saturated carbocycles. The van der Waals surface area contributed by atoms with E-state index in [-0.39, 0.29) is 11.6 Å². The number of hydrogen-bond donors (Lipinski definition) is 0. The van der Waals surface area contributed by atoms with Crippen molar-refractivity contribution < 1.29 is 13.9 Å². The minimum absolute atomic E-state index is 0.0930. The van der Waals surface area contributed by atoms with Gasteiger partial charge >= 0.3 is 0 Å². The molecule has 0 aliphatic rings. The van der Waals surface area contributed by atoms with E-state index in [0.717, 1.165) is 5.56 Å². The van der Waals surface area contributed by atoms with Gasteiger partial charge in [-0.15, -0.1) is 11.6 Å². The highest BCUT2D eigenvalue weighted by molar-refractivity contribution is 6.30. The molecule has 0 heterocycles. The third-order valence-electron chi connectivity index (χ3n) is 2.76. The van der Waals surface area contributed by atoms with E-state index < -0.39 is 5.82 Å². The first-order chi connectivity index (χ1) is 9.63. The lowest BCUT2D eigenvalue weighted by molar-refractivity contribution is 0.284. The molecule has 0 aliphatic carbocycles. The van der Waals surface area contributed by atoms with Crippen LogP contribution in [-0.4, -0.2) is 7.11 Å². The first kappa shape index (κ1) is 14.9. The number of halogens is 3. The quantitative estimate of drug-likeness (QED) is 0.738. The molecule has 0 saturated heterocycles. The lowest BCUT2D eigenvalue weighted by Crippen LogP contribution is -1.99. The van der Waals surface area contributed by atoms with E-state index in [0.29, 0.717) is 22.9 Å². The average Bonchev–Trinajstić information content (AvgIpc) is 2.48. The van der Waals surface area contributed by atoms with Gasteiger partial charge in [-0.2, -0.15) is 0 Å². The standard InChI is InChI=1S/C15H13Cl2FO2/c1-19-14-5-3-10(8-16)7-15(14)20-9-11-2-4-12(17)13(18)6-11/h2-7H,8-9H2,1H3. The Morgan fingerprint density at radius 3 is 2.45 bits per heavy atom. The van der Waals surface area contributed by atoms with E-state index in [1.54, 1.807) is 25.3 Å². The Bertz CT molecular complexity index is 602. The first-order valence-corrected chi connectivity index (χ1v) is 6.85. The molecule has 0 fully saturated rings. The number of hydrogen-bond acceptors (Lipinski definition) is 2. The van der Waals surface area contributed by atoms with Gasteiger partial charge < -0.3 is 9.47 Å². The van der Waals surface area contributed by atoms with E-state index in [9.17, 15) is 4.39 Å². The molecule has 0 atom stereocenters. The van der Waals surface area contributed by atoms with Crippen LogP contribution in [0.1, 0.15) is 11.1 Å². The number of ether oxygens (including phenoxy) is 2. The highest BCUT2D eigenvalue weighted by atomic mass is 35.5. The molecule has 0 spiro atoms. The number of benzene rings is 2. The summed E-state index contributed by atoms with van der Waals surface area (Å²) in [6, 6.07) is 10.0. The maximum Gasteiger partial charge on any atom is 0.161 e. The van der Waals surface area contributed by atoms with Crippen molar-refractivity contribution in [2.24, 2.45) is 0 Å². The fraction of sp³-hybridized carbons (Fsp3) is 0.200. The predicted molar refractivity (Wildman–Crippen MR) is 78.3 cm³/mol. The molecule has 2 rings (SSSR count). The molecular weight excluding hydrogens is 302 g/mol. The van der Waals surface area contributed by atoms with Crippen LogP contribution in [0.2, 0.25) is 5.02 Å². The summed E-state index contributed by atoms with van der Waals surface area (Å²) in [5.41, 5.74) is 1.61. The fourth-order valence-corrected chi connectivity index (χ4v) is 1.99. The van der Waals surface area contributed by atoms with Crippen LogP contribution in [0.5, 0.6) is 11.5 Å². The summed E-state index contributed by atoms with van der Waals surface area (Å²) in [5, 5.41) is 0.0930. The first-order valence-electron chi connectivity index (χ1n) is 5.93. The molecule has 2 nitrogen and oxygen atoms in total. The van der Waals surface area contributed by atoms with Crippen LogP contribution in [0, 0.1) is 5.82 Å². The molecule has 2 aromatic carbocycles. The summed E-state index contributed by atoms with van der Waals surface area (Å²) in [4.78, 5) is 0.